The number of rotatable bonds is 3. The number of carboxylic acid groups (broad SMARTS) is 1. The number of amides is 1. The topological polar surface area (TPSA) is 57.6 Å². The van der Waals surface area contributed by atoms with E-state index in [4.69, 9.17) is 0 Å². The van der Waals surface area contributed by atoms with Crippen molar-refractivity contribution in [2.45, 2.75) is 71.6 Å². The molecule has 120 valence electrons. The van der Waals surface area contributed by atoms with Crippen molar-refractivity contribution in [1.82, 2.24) is 4.90 Å². The molecule has 0 aromatic heterocycles. The van der Waals surface area contributed by atoms with E-state index in [0.29, 0.717) is 12.8 Å². The van der Waals surface area contributed by atoms with E-state index in [1.807, 2.05) is 4.90 Å². The Labute approximate surface area is 127 Å². The van der Waals surface area contributed by atoms with E-state index in [-0.39, 0.29) is 17.7 Å². The fourth-order valence-electron chi connectivity index (χ4n) is 3.91. The largest absolute Gasteiger partial charge is 0.481 e. The monoisotopic (exact) mass is 295 g/mol. The normalized spacial score (nSPS) is 25.1. The number of carbonyl (C=O) groups is 2. The molecular formula is C17H29NO3. The van der Waals surface area contributed by atoms with Crippen molar-refractivity contribution in [3.05, 3.63) is 0 Å². The van der Waals surface area contributed by atoms with Crippen LogP contribution in [0.3, 0.4) is 0 Å². The zero-order chi connectivity index (χ0) is 15.5. The molecule has 1 aliphatic carbocycles. The van der Waals surface area contributed by atoms with E-state index in [2.05, 4.69) is 13.8 Å². The summed E-state index contributed by atoms with van der Waals surface area (Å²) in [4.78, 5) is 26.3. The van der Waals surface area contributed by atoms with Crippen LogP contribution >= 0.6 is 0 Å². The molecular weight excluding hydrogens is 266 g/mol. The molecule has 2 rings (SSSR count). The molecule has 21 heavy (non-hydrogen) atoms. The standard InChI is InChI=1S/C17H29NO3/c1-16(2)8-7-11-18(13-16)14(19)12-17(15(20)21)9-5-3-4-6-10-17/h3-13H2,1-2H3,(H,20,21). The third-order valence-corrected chi connectivity index (χ3v) is 5.26. The molecule has 0 radical (unpaired) electrons. The highest BCUT2D eigenvalue weighted by Crippen LogP contribution is 2.39. The van der Waals surface area contributed by atoms with Gasteiger partial charge in [-0.3, -0.25) is 9.59 Å². The van der Waals surface area contributed by atoms with Gasteiger partial charge in [-0.2, -0.15) is 0 Å². The van der Waals surface area contributed by atoms with Crippen LogP contribution in [0.5, 0.6) is 0 Å². The van der Waals surface area contributed by atoms with Crippen LogP contribution in [0.4, 0.5) is 0 Å². The third-order valence-electron chi connectivity index (χ3n) is 5.26. The Morgan fingerprint density at radius 3 is 2.14 bits per heavy atom. The fraction of sp³-hybridized carbons (Fsp3) is 0.882. The Bertz CT molecular complexity index is 395. The summed E-state index contributed by atoms with van der Waals surface area (Å²) in [5, 5.41) is 9.69. The van der Waals surface area contributed by atoms with Gasteiger partial charge in [0, 0.05) is 19.5 Å². The maximum atomic E-state index is 12.6. The van der Waals surface area contributed by atoms with Gasteiger partial charge in [-0.25, -0.2) is 0 Å². The Morgan fingerprint density at radius 2 is 1.62 bits per heavy atom. The van der Waals surface area contributed by atoms with Crippen LogP contribution in [0.1, 0.15) is 71.6 Å². The summed E-state index contributed by atoms with van der Waals surface area (Å²) < 4.78 is 0. The van der Waals surface area contributed by atoms with Crippen molar-refractivity contribution in [3.63, 3.8) is 0 Å². The first-order valence-corrected chi connectivity index (χ1v) is 8.36. The van der Waals surface area contributed by atoms with Gasteiger partial charge in [0.1, 0.15) is 0 Å². The molecule has 1 aliphatic heterocycles. The summed E-state index contributed by atoms with van der Waals surface area (Å²) in [5.41, 5.74) is -0.650. The lowest BCUT2D eigenvalue weighted by molar-refractivity contribution is -0.155. The van der Waals surface area contributed by atoms with Crippen molar-refractivity contribution in [1.29, 1.82) is 0 Å². The summed E-state index contributed by atoms with van der Waals surface area (Å²) in [6.07, 6.45) is 7.74. The molecule has 1 N–H and O–H groups in total. The van der Waals surface area contributed by atoms with Gasteiger partial charge in [0.25, 0.3) is 0 Å². The zero-order valence-electron chi connectivity index (χ0n) is 13.5. The van der Waals surface area contributed by atoms with Gasteiger partial charge < -0.3 is 10.0 Å². The molecule has 1 amide bonds. The second kappa shape index (κ2) is 6.37. The summed E-state index contributed by atoms with van der Waals surface area (Å²) in [6, 6.07) is 0. The molecule has 2 aliphatic rings. The predicted octanol–water partition coefficient (Wildman–Crippen LogP) is 3.45. The Kier molecular flexibility index (Phi) is 4.95. The fourth-order valence-corrected chi connectivity index (χ4v) is 3.91. The average Bonchev–Trinajstić information content (AvgIpc) is 2.64. The summed E-state index contributed by atoms with van der Waals surface area (Å²) in [6.45, 7) is 5.93. The number of carboxylic acids is 1. The lowest BCUT2D eigenvalue weighted by Gasteiger charge is -2.39. The number of hydrogen-bond donors (Lipinski definition) is 1. The van der Waals surface area contributed by atoms with Gasteiger partial charge in [-0.1, -0.05) is 39.5 Å². The highest BCUT2D eigenvalue weighted by atomic mass is 16.4. The number of aliphatic carboxylic acids is 1. The van der Waals surface area contributed by atoms with Gasteiger partial charge in [0.15, 0.2) is 0 Å². The average molecular weight is 295 g/mol. The molecule has 0 aromatic rings. The number of hydrogen-bond acceptors (Lipinski definition) is 2. The van der Waals surface area contributed by atoms with E-state index in [0.717, 1.165) is 51.6 Å². The van der Waals surface area contributed by atoms with Crippen LogP contribution in [-0.4, -0.2) is 35.0 Å². The second-order valence-electron chi connectivity index (χ2n) is 7.76. The van der Waals surface area contributed by atoms with Crippen LogP contribution in [0.25, 0.3) is 0 Å². The first-order chi connectivity index (χ1) is 9.85. The van der Waals surface area contributed by atoms with Gasteiger partial charge in [0.2, 0.25) is 5.91 Å². The van der Waals surface area contributed by atoms with Gasteiger partial charge in [0.05, 0.1) is 5.41 Å². The molecule has 1 heterocycles. The Balaban J connectivity index is 2.06. The van der Waals surface area contributed by atoms with Crippen molar-refractivity contribution in [2.24, 2.45) is 10.8 Å². The minimum atomic E-state index is -0.810. The number of likely N-dealkylation sites (tertiary alicyclic amines) is 1. The smallest absolute Gasteiger partial charge is 0.310 e. The van der Waals surface area contributed by atoms with Crippen LogP contribution in [0, 0.1) is 10.8 Å². The van der Waals surface area contributed by atoms with Crippen molar-refractivity contribution in [2.75, 3.05) is 13.1 Å². The minimum absolute atomic E-state index is 0.0482. The lowest BCUT2D eigenvalue weighted by Crippen LogP contribution is -2.46. The molecule has 1 saturated heterocycles. The van der Waals surface area contributed by atoms with Crippen LogP contribution in [0.15, 0.2) is 0 Å². The molecule has 1 saturated carbocycles. The summed E-state index contributed by atoms with van der Waals surface area (Å²) in [5.74, 6) is -0.721. The Morgan fingerprint density at radius 1 is 1.00 bits per heavy atom. The second-order valence-corrected chi connectivity index (χ2v) is 7.76. The van der Waals surface area contributed by atoms with Crippen LogP contribution in [0.2, 0.25) is 0 Å². The van der Waals surface area contributed by atoms with E-state index >= 15 is 0 Å². The minimum Gasteiger partial charge on any atom is -0.481 e. The van der Waals surface area contributed by atoms with E-state index in [9.17, 15) is 14.7 Å². The molecule has 0 bridgehead atoms. The first kappa shape index (κ1) is 16.3. The highest BCUT2D eigenvalue weighted by Gasteiger charge is 2.42. The molecule has 4 nitrogen and oxygen atoms in total. The number of nitrogens with zero attached hydrogens (tertiary/aromatic N) is 1. The van der Waals surface area contributed by atoms with Gasteiger partial charge in [-0.15, -0.1) is 0 Å². The van der Waals surface area contributed by atoms with Crippen molar-refractivity contribution < 1.29 is 14.7 Å². The SMILES string of the molecule is CC1(C)CCCN(C(=O)CC2(C(=O)O)CCCCCC2)C1. The van der Waals surface area contributed by atoms with E-state index < -0.39 is 11.4 Å². The first-order valence-electron chi connectivity index (χ1n) is 8.36. The highest BCUT2D eigenvalue weighted by molar-refractivity contribution is 5.85. The molecule has 0 atom stereocenters. The summed E-state index contributed by atoms with van der Waals surface area (Å²) in [7, 11) is 0. The Hall–Kier alpha value is -1.06. The zero-order valence-corrected chi connectivity index (χ0v) is 13.5. The van der Waals surface area contributed by atoms with Crippen LogP contribution < -0.4 is 0 Å². The van der Waals surface area contributed by atoms with Gasteiger partial charge >= 0.3 is 5.97 Å². The van der Waals surface area contributed by atoms with Crippen molar-refractivity contribution >= 4 is 11.9 Å². The number of carbonyl (C=O) groups excluding carboxylic acids is 1. The quantitative estimate of drug-likeness (QED) is 0.811. The van der Waals surface area contributed by atoms with E-state index in [1.165, 1.54) is 0 Å². The van der Waals surface area contributed by atoms with Gasteiger partial charge in [-0.05, 0) is 31.1 Å². The maximum Gasteiger partial charge on any atom is 0.310 e. The number of piperidine rings is 1. The van der Waals surface area contributed by atoms with E-state index in [1.54, 1.807) is 0 Å². The molecule has 0 unspecified atom stereocenters. The molecule has 0 aromatic carbocycles. The summed E-state index contributed by atoms with van der Waals surface area (Å²) >= 11 is 0. The molecule has 4 heteroatoms. The van der Waals surface area contributed by atoms with Crippen molar-refractivity contribution in [3.8, 4) is 0 Å². The predicted molar refractivity (Wildman–Crippen MR) is 82.0 cm³/mol. The maximum absolute atomic E-state index is 12.6. The molecule has 2 fully saturated rings. The van der Waals surface area contributed by atoms with Crippen LogP contribution in [-0.2, 0) is 9.59 Å². The third kappa shape index (κ3) is 3.98. The lowest BCUT2D eigenvalue weighted by atomic mass is 9.76. The molecule has 0 spiro atoms.